The van der Waals surface area contributed by atoms with Gasteiger partial charge in [0.25, 0.3) is 5.91 Å². The van der Waals surface area contributed by atoms with Crippen LogP contribution >= 0.6 is 11.3 Å². The van der Waals surface area contributed by atoms with Crippen LogP contribution in [-0.4, -0.2) is 30.9 Å². The molecular weight excluding hydrogens is 424 g/mol. The molecule has 0 atom stereocenters. The molecule has 0 bridgehead atoms. The Morgan fingerprint density at radius 3 is 2.44 bits per heavy atom. The number of methoxy groups -OCH3 is 2. The Labute approximate surface area is 188 Å². The van der Waals surface area contributed by atoms with Crippen molar-refractivity contribution in [2.45, 2.75) is 0 Å². The van der Waals surface area contributed by atoms with Crippen molar-refractivity contribution < 1.29 is 19.1 Å². The lowest BCUT2D eigenvalue weighted by Crippen LogP contribution is -2.12. The summed E-state index contributed by atoms with van der Waals surface area (Å²) >= 11 is 1.31. The van der Waals surface area contributed by atoms with Crippen molar-refractivity contribution in [1.82, 2.24) is 4.98 Å². The van der Waals surface area contributed by atoms with Gasteiger partial charge >= 0.3 is 0 Å². The van der Waals surface area contributed by atoms with Crippen molar-refractivity contribution in [3.05, 3.63) is 82.7 Å². The molecule has 0 unspecified atom stereocenters. The number of nitrogens with one attached hydrogen (secondary N) is 1. The van der Waals surface area contributed by atoms with Crippen molar-refractivity contribution in [1.29, 1.82) is 0 Å². The van der Waals surface area contributed by atoms with E-state index >= 15 is 0 Å². The zero-order valence-electron chi connectivity index (χ0n) is 17.3. The lowest BCUT2D eigenvalue weighted by molar-refractivity contribution is 0.102. The molecule has 0 radical (unpaired) electrons. The molecule has 158 valence electrons. The van der Waals surface area contributed by atoms with Crippen molar-refractivity contribution in [2.24, 2.45) is 0 Å². The summed E-state index contributed by atoms with van der Waals surface area (Å²) in [6.45, 7) is 0. The third-order valence-electron chi connectivity index (χ3n) is 5.40. The van der Waals surface area contributed by atoms with Crippen LogP contribution in [-0.2, 0) is 0 Å². The van der Waals surface area contributed by atoms with E-state index in [1.54, 1.807) is 32.4 Å². The second-order valence-electron chi connectivity index (χ2n) is 7.19. The highest BCUT2D eigenvalue weighted by Crippen LogP contribution is 2.37. The highest BCUT2D eigenvalue weighted by molar-refractivity contribution is 7.14. The van der Waals surface area contributed by atoms with Crippen molar-refractivity contribution in [3.63, 3.8) is 0 Å². The monoisotopic (exact) mass is 442 g/mol. The Morgan fingerprint density at radius 1 is 0.875 bits per heavy atom. The molecule has 1 N–H and O–H groups in total. The van der Waals surface area contributed by atoms with E-state index in [0.717, 1.165) is 16.7 Å². The van der Waals surface area contributed by atoms with Crippen LogP contribution in [0.15, 0.2) is 66.0 Å². The third kappa shape index (κ3) is 3.33. The quantitative estimate of drug-likeness (QED) is 0.400. The van der Waals surface area contributed by atoms with Gasteiger partial charge in [0.05, 0.1) is 19.9 Å². The number of thiazole rings is 1. The van der Waals surface area contributed by atoms with Crippen molar-refractivity contribution >= 4 is 28.2 Å². The van der Waals surface area contributed by atoms with Crippen LogP contribution in [0.25, 0.3) is 22.4 Å². The number of hydrogen-bond donors (Lipinski definition) is 1. The van der Waals surface area contributed by atoms with Crippen LogP contribution in [0, 0.1) is 0 Å². The highest BCUT2D eigenvalue weighted by atomic mass is 32.1. The Balaban J connectivity index is 1.40. The fraction of sp³-hybridized carbons (Fsp3) is 0.0800. The largest absolute Gasteiger partial charge is 0.497 e. The molecule has 1 heterocycles. The fourth-order valence-electron chi connectivity index (χ4n) is 3.81. The first-order valence-electron chi connectivity index (χ1n) is 9.86. The van der Waals surface area contributed by atoms with Gasteiger partial charge in [0.1, 0.15) is 11.5 Å². The van der Waals surface area contributed by atoms with Gasteiger partial charge in [-0.05, 0) is 41.5 Å². The molecule has 32 heavy (non-hydrogen) atoms. The average Bonchev–Trinajstić information content (AvgIpc) is 3.41. The Hall–Kier alpha value is -3.97. The summed E-state index contributed by atoms with van der Waals surface area (Å²) in [6.07, 6.45) is 0. The fourth-order valence-corrected chi connectivity index (χ4v) is 4.51. The van der Waals surface area contributed by atoms with Crippen molar-refractivity contribution in [2.75, 3.05) is 19.5 Å². The summed E-state index contributed by atoms with van der Waals surface area (Å²) in [4.78, 5) is 30.1. The minimum Gasteiger partial charge on any atom is -0.497 e. The van der Waals surface area contributed by atoms with Gasteiger partial charge in [0, 0.05) is 27.6 Å². The Morgan fingerprint density at radius 2 is 1.66 bits per heavy atom. The molecule has 0 spiro atoms. The number of nitrogens with zero attached hydrogens (tertiary/aromatic N) is 1. The molecule has 0 aliphatic heterocycles. The number of ether oxygens (including phenoxy) is 2. The second kappa shape index (κ2) is 7.94. The first-order valence-corrected chi connectivity index (χ1v) is 10.7. The Kier molecular flexibility index (Phi) is 4.95. The minimum atomic E-state index is -0.324. The van der Waals surface area contributed by atoms with E-state index in [1.807, 2.05) is 47.8 Å². The topological polar surface area (TPSA) is 77.5 Å². The molecule has 1 aliphatic carbocycles. The average molecular weight is 442 g/mol. The van der Waals surface area contributed by atoms with E-state index in [-0.39, 0.29) is 11.7 Å². The molecule has 4 aromatic rings. The number of aromatic nitrogens is 1. The van der Waals surface area contributed by atoms with E-state index in [9.17, 15) is 9.59 Å². The highest BCUT2D eigenvalue weighted by Gasteiger charge is 2.27. The van der Waals surface area contributed by atoms with Crippen LogP contribution in [0.4, 0.5) is 5.13 Å². The number of fused-ring (bicyclic) bond motifs is 3. The van der Waals surface area contributed by atoms with E-state index in [2.05, 4.69) is 10.3 Å². The Bertz CT molecular complexity index is 1380. The molecule has 0 fully saturated rings. The van der Waals surface area contributed by atoms with E-state index in [4.69, 9.17) is 9.47 Å². The van der Waals surface area contributed by atoms with Crippen LogP contribution in [0.1, 0.15) is 26.3 Å². The van der Waals surface area contributed by atoms with E-state index in [1.165, 1.54) is 11.3 Å². The number of ketones is 1. The summed E-state index contributed by atoms with van der Waals surface area (Å²) in [5, 5.41) is 5.12. The summed E-state index contributed by atoms with van der Waals surface area (Å²) < 4.78 is 10.7. The molecule has 1 amide bonds. The van der Waals surface area contributed by atoms with Gasteiger partial charge in [-0.25, -0.2) is 4.98 Å². The first kappa shape index (κ1) is 20.0. The molecule has 1 aliphatic rings. The number of carbonyl (C=O) groups excluding carboxylic acids is 2. The summed E-state index contributed by atoms with van der Waals surface area (Å²) in [6, 6.07) is 18.1. The first-order chi connectivity index (χ1) is 15.6. The van der Waals surface area contributed by atoms with Gasteiger partial charge in [0.15, 0.2) is 10.9 Å². The van der Waals surface area contributed by atoms with Gasteiger partial charge in [-0.15, -0.1) is 11.3 Å². The molecule has 0 saturated heterocycles. The molecule has 7 heteroatoms. The van der Waals surface area contributed by atoms with Crippen LogP contribution in [0.3, 0.4) is 0 Å². The van der Waals surface area contributed by atoms with Gasteiger partial charge in [-0.2, -0.15) is 0 Å². The normalized spacial score (nSPS) is 11.6. The lowest BCUT2D eigenvalue weighted by Gasteiger charge is -2.08. The van der Waals surface area contributed by atoms with E-state index < -0.39 is 0 Å². The van der Waals surface area contributed by atoms with Crippen LogP contribution in [0.5, 0.6) is 11.5 Å². The number of amides is 1. The zero-order chi connectivity index (χ0) is 22.2. The molecule has 5 rings (SSSR count). The third-order valence-corrected chi connectivity index (χ3v) is 6.15. The number of hydrogen-bond acceptors (Lipinski definition) is 6. The SMILES string of the molecule is COc1ccc(OC)c(-c2csc(NC(=O)c3ccc4c(c3)C(=O)c3ccccc3-4)n2)c1. The second-order valence-corrected chi connectivity index (χ2v) is 8.05. The zero-order valence-corrected chi connectivity index (χ0v) is 18.2. The lowest BCUT2D eigenvalue weighted by atomic mass is 10.0. The van der Waals surface area contributed by atoms with E-state index in [0.29, 0.717) is 39.0 Å². The smallest absolute Gasteiger partial charge is 0.257 e. The maximum atomic E-state index is 12.9. The van der Waals surface area contributed by atoms with Crippen LogP contribution in [0.2, 0.25) is 0 Å². The van der Waals surface area contributed by atoms with Crippen molar-refractivity contribution in [3.8, 4) is 33.9 Å². The molecular formula is C25H18N2O4S. The maximum absolute atomic E-state index is 12.9. The number of rotatable bonds is 5. The summed E-state index contributed by atoms with van der Waals surface area (Å²) in [5.41, 5.74) is 4.79. The van der Waals surface area contributed by atoms with Gasteiger partial charge < -0.3 is 9.47 Å². The molecule has 0 saturated carbocycles. The molecule has 3 aromatic carbocycles. The van der Waals surface area contributed by atoms with Gasteiger partial charge in [-0.1, -0.05) is 30.3 Å². The maximum Gasteiger partial charge on any atom is 0.257 e. The molecule has 6 nitrogen and oxygen atoms in total. The van der Waals surface area contributed by atoms with Gasteiger partial charge in [-0.3, -0.25) is 14.9 Å². The summed E-state index contributed by atoms with van der Waals surface area (Å²) in [7, 11) is 3.19. The minimum absolute atomic E-state index is 0.0631. The van der Waals surface area contributed by atoms with Crippen LogP contribution < -0.4 is 14.8 Å². The molecule has 1 aromatic heterocycles. The summed E-state index contributed by atoms with van der Waals surface area (Å²) in [5.74, 6) is 0.954. The number of benzene rings is 3. The number of carbonyl (C=O) groups is 2. The number of anilines is 1. The predicted molar refractivity (Wildman–Crippen MR) is 124 cm³/mol. The predicted octanol–water partition coefficient (Wildman–Crippen LogP) is 5.29. The standard InChI is InChI=1S/C25H18N2O4S/c1-30-15-8-10-22(31-2)20(12-15)21-13-32-25(26-21)27-24(29)14-7-9-17-16-5-3-4-6-18(16)23(28)19(17)11-14/h3-13H,1-2H3,(H,26,27,29). The van der Waals surface area contributed by atoms with Gasteiger partial charge in [0.2, 0.25) is 0 Å².